The average molecular weight is 697 g/mol. The van der Waals surface area contributed by atoms with E-state index in [1.165, 1.54) is 106 Å². The van der Waals surface area contributed by atoms with Gasteiger partial charge in [-0.25, -0.2) is 0 Å². The summed E-state index contributed by atoms with van der Waals surface area (Å²) in [6.45, 7) is 0. The van der Waals surface area contributed by atoms with Crippen molar-refractivity contribution in [2.75, 3.05) is 0 Å². The number of fused-ring (bicyclic) bond motifs is 13. The van der Waals surface area contributed by atoms with Gasteiger partial charge in [0.25, 0.3) is 0 Å². The predicted octanol–water partition coefficient (Wildman–Crippen LogP) is 14.3. The maximum Gasteiger partial charge on any atom is 0.0541 e. The fraction of sp³-hybridized carbons (Fsp3) is 0. The van der Waals surface area contributed by atoms with Crippen LogP contribution in [0.2, 0.25) is 0 Å². The number of para-hydroxylation sites is 4. The van der Waals surface area contributed by atoms with Crippen molar-refractivity contribution in [1.29, 1.82) is 0 Å². The van der Waals surface area contributed by atoms with Crippen LogP contribution in [0, 0.1) is 0 Å². The van der Waals surface area contributed by atoms with E-state index in [1.807, 2.05) is 22.7 Å². The van der Waals surface area contributed by atoms with E-state index < -0.39 is 0 Å². The Morgan fingerprint density at radius 3 is 1.29 bits per heavy atom. The number of benzene rings is 8. The molecule has 0 atom stereocenters. The lowest BCUT2D eigenvalue weighted by Crippen LogP contribution is -1.93. The van der Waals surface area contributed by atoms with Crippen molar-refractivity contribution < 1.29 is 0 Å². The summed E-state index contributed by atoms with van der Waals surface area (Å²) in [5, 5.41) is 10.4. The fourth-order valence-corrected chi connectivity index (χ4v) is 11.1. The van der Waals surface area contributed by atoms with E-state index in [2.05, 4.69) is 179 Å². The van der Waals surface area contributed by atoms with E-state index in [4.69, 9.17) is 0 Å². The Bertz CT molecular complexity index is 3300. The van der Waals surface area contributed by atoms with Gasteiger partial charge in [-0.1, -0.05) is 103 Å². The summed E-state index contributed by atoms with van der Waals surface area (Å²) >= 11 is 3.83. The summed E-state index contributed by atoms with van der Waals surface area (Å²) in [6.07, 6.45) is 0. The molecule has 2 nitrogen and oxygen atoms in total. The average Bonchev–Trinajstić information content (AvgIpc) is 3.95. The molecular weight excluding hydrogens is 669 g/mol. The van der Waals surface area contributed by atoms with Crippen LogP contribution in [0.1, 0.15) is 0 Å². The zero-order chi connectivity index (χ0) is 33.9. The van der Waals surface area contributed by atoms with Crippen molar-refractivity contribution in [2.24, 2.45) is 0 Å². The van der Waals surface area contributed by atoms with Gasteiger partial charge in [-0.2, -0.15) is 0 Å². The third-order valence-corrected chi connectivity index (χ3v) is 13.2. The van der Waals surface area contributed by atoms with Crippen LogP contribution in [0.4, 0.5) is 0 Å². The zero-order valence-corrected chi connectivity index (χ0v) is 29.5. The van der Waals surface area contributed by atoms with Gasteiger partial charge < -0.3 is 9.13 Å². The van der Waals surface area contributed by atoms with Gasteiger partial charge in [0.15, 0.2) is 0 Å². The molecule has 8 aromatic carbocycles. The molecule has 242 valence electrons. The van der Waals surface area contributed by atoms with Crippen LogP contribution >= 0.6 is 22.7 Å². The first kappa shape index (κ1) is 28.5. The molecular formula is C48H28N2S2. The summed E-state index contributed by atoms with van der Waals surface area (Å²) in [5.41, 5.74) is 9.86. The first-order valence-electron chi connectivity index (χ1n) is 17.7. The molecule has 12 rings (SSSR count). The third-order valence-electron chi connectivity index (χ3n) is 10.9. The van der Waals surface area contributed by atoms with E-state index in [0.29, 0.717) is 0 Å². The second-order valence-electron chi connectivity index (χ2n) is 13.7. The molecule has 0 N–H and O–H groups in total. The summed E-state index contributed by atoms with van der Waals surface area (Å²) in [7, 11) is 0. The van der Waals surface area contributed by atoms with Crippen LogP contribution in [0.5, 0.6) is 0 Å². The molecule has 4 heterocycles. The molecule has 0 radical (unpaired) electrons. The van der Waals surface area contributed by atoms with Crippen molar-refractivity contribution in [1.82, 2.24) is 9.13 Å². The first-order chi connectivity index (χ1) is 25.8. The lowest BCUT2D eigenvalue weighted by Gasteiger charge is -2.10. The Hall–Kier alpha value is -6.20. The highest BCUT2D eigenvalue weighted by atomic mass is 32.1. The summed E-state index contributed by atoms with van der Waals surface area (Å²) < 4.78 is 10.2. The molecule has 0 spiro atoms. The molecule has 0 aliphatic heterocycles. The Labute approximate surface area is 306 Å². The minimum absolute atomic E-state index is 1.19. The number of hydrogen-bond donors (Lipinski definition) is 0. The van der Waals surface area contributed by atoms with Gasteiger partial charge in [-0.05, 0) is 72.3 Å². The first-order valence-corrected chi connectivity index (χ1v) is 19.3. The fourth-order valence-electron chi connectivity index (χ4n) is 8.70. The van der Waals surface area contributed by atoms with Gasteiger partial charge >= 0.3 is 0 Å². The lowest BCUT2D eigenvalue weighted by atomic mass is 9.98. The van der Waals surface area contributed by atoms with Gasteiger partial charge in [0.05, 0.1) is 22.1 Å². The van der Waals surface area contributed by atoms with Crippen LogP contribution in [0.15, 0.2) is 170 Å². The molecule has 0 aliphatic rings. The summed E-state index contributed by atoms with van der Waals surface area (Å²) in [4.78, 5) is 0. The largest absolute Gasteiger partial charge is 0.309 e. The van der Waals surface area contributed by atoms with E-state index in [0.717, 1.165) is 0 Å². The monoisotopic (exact) mass is 696 g/mol. The Balaban J connectivity index is 1.20. The van der Waals surface area contributed by atoms with Crippen LogP contribution in [0.25, 0.3) is 106 Å². The van der Waals surface area contributed by atoms with E-state index in [9.17, 15) is 0 Å². The minimum Gasteiger partial charge on any atom is -0.309 e. The van der Waals surface area contributed by atoms with Crippen molar-refractivity contribution >= 4 is 107 Å². The van der Waals surface area contributed by atoms with Gasteiger partial charge in [-0.3, -0.25) is 0 Å². The van der Waals surface area contributed by atoms with Crippen LogP contribution < -0.4 is 0 Å². The standard InChI is InChI=1S/C48H28N2S2/c1-2-12-29(13-3-1)36-28-45-46(37-26-30(22-24-43(37)51-45)49-39-18-8-4-14-32(39)33-15-5-9-19-40(33)49)47-38-27-31(23-25-44(38)52-48(36)47)50-41-20-10-6-16-34(41)35-17-7-11-21-42(35)50/h1-28H. The lowest BCUT2D eigenvalue weighted by molar-refractivity contribution is 1.19. The molecule has 0 saturated heterocycles. The summed E-state index contributed by atoms with van der Waals surface area (Å²) in [6, 6.07) is 62.7. The molecule has 0 saturated carbocycles. The second kappa shape index (κ2) is 10.7. The SMILES string of the molecule is c1ccc(-c2cc3sc4ccc(-n5c6ccccc6c6ccccc65)cc4c3c3c2sc2ccc(-n4c5ccccc5c5ccccc54)cc23)cc1. The molecule has 0 amide bonds. The number of rotatable bonds is 3. The summed E-state index contributed by atoms with van der Waals surface area (Å²) in [5.74, 6) is 0. The Morgan fingerprint density at radius 2 is 0.769 bits per heavy atom. The molecule has 4 heteroatoms. The molecule has 0 aliphatic carbocycles. The van der Waals surface area contributed by atoms with Crippen LogP contribution in [-0.4, -0.2) is 9.13 Å². The highest BCUT2D eigenvalue weighted by molar-refractivity contribution is 7.28. The molecule has 0 unspecified atom stereocenters. The smallest absolute Gasteiger partial charge is 0.0541 e. The maximum absolute atomic E-state index is 2.45. The van der Waals surface area contributed by atoms with E-state index >= 15 is 0 Å². The van der Waals surface area contributed by atoms with Crippen LogP contribution in [0.3, 0.4) is 0 Å². The number of nitrogens with zero attached hydrogens (tertiary/aromatic N) is 2. The van der Waals surface area contributed by atoms with Crippen molar-refractivity contribution in [3.63, 3.8) is 0 Å². The Morgan fingerprint density at radius 1 is 0.327 bits per heavy atom. The molecule has 52 heavy (non-hydrogen) atoms. The molecule has 12 aromatic rings. The van der Waals surface area contributed by atoms with Gasteiger partial charge in [0.2, 0.25) is 0 Å². The van der Waals surface area contributed by atoms with Gasteiger partial charge in [0.1, 0.15) is 0 Å². The van der Waals surface area contributed by atoms with E-state index in [1.54, 1.807) is 0 Å². The minimum atomic E-state index is 1.19. The highest BCUT2D eigenvalue weighted by Crippen LogP contribution is 2.50. The normalized spacial score (nSPS) is 12.2. The second-order valence-corrected chi connectivity index (χ2v) is 15.8. The van der Waals surface area contributed by atoms with Crippen molar-refractivity contribution in [3.8, 4) is 22.5 Å². The van der Waals surface area contributed by atoms with Crippen molar-refractivity contribution in [2.45, 2.75) is 0 Å². The predicted molar refractivity (Wildman–Crippen MR) is 226 cm³/mol. The molecule has 0 fully saturated rings. The molecule has 0 bridgehead atoms. The Kier molecular flexibility index (Phi) is 5.84. The topological polar surface area (TPSA) is 9.86 Å². The maximum atomic E-state index is 2.45. The van der Waals surface area contributed by atoms with Gasteiger partial charge in [0, 0.05) is 78.8 Å². The van der Waals surface area contributed by atoms with Gasteiger partial charge in [-0.15, -0.1) is 22.7 Å². The van der Waals surface area contributed by atoms with Crippen molar-refractivity contribution in [3.05, 3.63) is 170 Å². The molecule has 4 aromatic heterocycles. The quantitative estimate of drug-likeness (QED) is 0.174. The number of aromatic nitrogens is 2. The zero-order valence-electron chi connectivity index (χ0n) is 27.9. The van der Waals surface area contributed by atoms with Crippen LogP contribution in [-0.2, 0) is 0 Å². The number of hydrogen-bond acceptors (Lipinski definition) is 2. The number of thiophene rings is 2. The van der Waals surface area contributed by atoms with E-state index in [-0.39, 0.29) is 0 Å². The highest BCUT2D eigenvalue weighted by Gasteiger charge is 2.21. The third kappa shape index (κ3) is 3.88.